The fourth-order valence-corrected chi connectivity index (χ4v) is 3.62. The van der Waals surface area contributed by atoms with Gasteiger partial charge in [0.25, 0.3) is 0 Å². The fraction of sp³-hybridized carbons (Fsp3) is 1.00. The smallest absolute Gasteiger partial charge is 0.0593 e. The Balaban J connectivity index is 1.67. The van der Waals surface area contributed by atoms with Crippen molar-refractivity contribution in [3.8, 4) is 0 Å². The second-order valence-corrected chi connectivity index (χ2v) is 6.16. The molecule has 0 bridgehead atoms. The summed E-state index contributed by atoms with van der Waals surface area (Å²) >= 11 is 0. The molecule has 2 aliphatic rings. The molecular formula is C16H32N2O2. The second kappa shape index (κ2) is 9.72. The van der Waals surface area contributed by atoms with Gasteiger partial charge in [-0.1, -0.05) is 19.3 Å². The first kappa shape index (κ1) is 16.2. The zero-order chi connectivity index (χ0) is 14.0. The summed E-state index contributed by atoms with van der Waals surface area (Å²) in [5.41, 5.74) is 0. The molecule has 0 aromatic carbocycles. The molecule has 2 fully saturated rings. The van der Waals surface area contributed by atoms with Crippen LogP contribution in [0.1, 0.15) is 38.5 Å². The van der Waals surface area contributed by atoms with E-state index in [0.29, 0.717) is 0 Å². The molecule has 1 heterocycles. The molecule has 1 aliphatic carbocycles. The van der Waals surface area contributed by atoms with E-state index in [0.717, 1.165) is 51.3 Å². The van der Waals surface area contributed by atoms with Crippen LogP contribution in [0, 0.1) is 5.92 Å². The van der Waals surface area contributed by atoms with Crippen molar-refractivity contribution in [1.82, 2.24) is 10.2 Å². The minimum absolute atomic E-state index is 0.742. The molecule has 1 saturated heterocycles. The molecule has 4 heteroatoms. The number of hydrogen-bond donors (Lipinski definition) is 1. The van der Waals surface area contributed by atoms with E-state index >= 15 is 0 Å². The quantitative estimate of drug-likeness (QED) is 0.690. The van der Waals surface area contributed by atoms with Gasteiger partial charge in [0.2, 0.25) is 0 Å². The lowest BCUT2D eigenvalue weighted by Gasteiger charge is -2.42. The molecule has 0 spiro atoms. The van der Waals surface area contributed by atoms with Crippen LogP contribution in [0.2, 0.25) is 0 Å². The van der Waals surface area contributed by atoms with Crippen LogP contribution in [0.15, 0.2) is 0 Å². The first-order valence-corrected chi connectivity index (χ1v) is 8.43. The second-order valence-electron chi connectivity index (χ2n) is 6.16. The molecular weight excluding hydrogens is 252 g/mol. The van der Waals surface area contributed by atoms with Crippen LogP contribution < -0.4 is 5.32 Å². The molecule has 2 rings (SSSR count). The van der Waals surface area contributed by atoms with Gasteiger partial charge in [0.05, 0.1) is 6.61 Å². The zero-order valence-corrected chi connectivity index (χ0v) is 13.1. The summed E-state index contributed by atoms with van der Waals surface area (Å²) in [4.78, 5) is 2.67. The Bertz CT molecular complexity index is 245. The molecule has 1 unspecified atom stereocenters. The highest BCUT2D eigenvalue weighted by Gasteiger charge is 2.30. The number of methoxy groups -OCH3 is 1. The van der Waals surface area contributed by atoms with Gasteiger partial charge in [0.1, 0.15) is 0 Å². The van der Waals surface area contributed by atoms with Crippen molar-refractivity contribution in [2.45, 2.75) is 44.6 Å². The summed E-state index contributed by atoms with van der Waals surface area (Å²) in [7, 11) is 1.75. The van der Waals surface area contributed by atoms with Crippen LogP contribution in [0.25, 0.3) is 0 Å². The van der Waals surface area contributed by atoms with E-state index in [-0.39, 0.29) is 0 Å². The van der Waals surface area contributed by atoms with Gasteiger partial charge in [-0.3, -0.25) is 4.90 Å². The van der Waals surface area contributed by atoms with Gasteiger partial charge < -0.3 is 14.8 Å². The maximum atomic E-state index is 5.73. The van der Waals surface area contributed by atoms with Crippen LogP contribution in [0.4, 0.5) is 0 Å². The number of piperazine rings is 1. The van der Waals surface area contributed by atoms with Crippen LogP contribution >= 0.6 is 0 Å². The Morgan fingerprint density at radius 1 is 1.10 bits per heavy atom. The number of nitrogens with zero attached hydrogens (tertiary/aromatic N) is 1. The van der Waals surface area contributed by atoms with Crippen LogP contribution in [0.3, 0.4) is 0 Å². The molecule has 1 N–H and O–H groups in total. The highest BCUT2D eigenvalue weighted by Crippen LogP contribution is 2.29. The molecule has 0 radical (unpaired) electrons. The van der Waals surface area contributed by atoms with Crippen LogP contribution in [-0.4, -0.2) is 64.1 Å². The van der Waals surface area contributed by atoms with Gasteiger partial charge in [-0.25, -0.2) is 0 Å². The fourth-order valence-electron chi connectivity index (χ4n) is 3.62. The van der Waals surface area contributed by atoms with Crippen molar-refractivity contribution in [2.75, 3.05) is 53.1 Å². The number of rotatable bonds is 8. The molecule has 0 aromatic heterocycles. The molecule has 1 aliphatic heterocycles. The number of ether oxygens (including phenoxy) is 2. The lowest BCUT2D eigenvalue weighted by atomic mass is 9.82. The van der Waals surface area contributed by atoms with E-state index in [1.54, 1.807) is 7.11 Å². The van der Waals surface area contributed by atoms with Crippen molar-refractivity contribution in [1.29, 1.82) is 0 Å². The SMILES string of the molecule is COCCCOCCN1CCNCC1C1CCCCC1. The van der Waals surface area contributed by atoms with Gasteiger partial charge in [-0.15, -0.1) is 0 Å². The largest absolute Gasteiger partial charge is 0.385 e. The van der Waals surface area contributed by atoms with Gasteiger partial charge >= 0.3 is 0 Å². The van der Waals surface area contributed by atoms with Crippen LogP contribution in [0.5, 0.6) is 0 Å². The van der Waals surface area contributed by atoms with Crippen molar-refractivity contribution >= 4 is 0 Å². The monoisotopic (exact) mass is 284 g/mol. The molecule has 1 saturated carbocycles. The summed E-state index contributed by atoms with van der Waals surface area (Å²) in [5, 5.41) is 3.58. The molecule has 4 nitrogen and oxygen atoms in total. The predicted molar refractivity (Wildman–Crippen MR) is 82.1 cm³/mol. The molecule has 118 valence electrons. The lowest BCUT2D eigenvalue weighted by Crippen LogP contribution is -2.55. The van der Waals surface area contributed by atoms with Gasteiger partial charge in [0.15, 0.2) is 0 Å². The maximum Gasteiger partial charge on any atom is 0.0593 e. The third-order valence-electron chi connectivity index (χ3n) is 4.75. The Hall–Kier alpha value is -0.160. The molecule has 20 heavy (non-hydrogen) atoms. The van der Waals surface area contributed by atoms with E-state index in [4.69, 9.17) is 9.47 Å². The summed E-state index contributed by atoms with van der Waals surface area (Å²) in [5.74, 6) is 0.907. The zero-order valence-electron chi connectivity index (χ0n) is 13.1. The van der Waals surface area contributed by atoms with Crippen molar-refractivity contribution in [3.05, 3.63) is 0 Å². The van der Waals surface area contributed by atoms with E-state index in [2.05, 4.69) is 10.2 Å². The Morgan fingerprint density at radius 3 is 2.75 bits per heavy atom. The summed E-state index contributed by atoms with van der Waals surface area (Å²) < 4.78 is 10.8. The lowest BCUT2D eigenvalue weighted by molar-refractivity contribution is 0.0432. The Morgan fingerprint density at radius 2 is 1.95 bits per heavy atom. The highest BCUT2D eigenvalue weighted by atomic mass is 16.5. The average Bonchev–Trinajstić information content (AvgIpc) is 2.52. The first-order chi connectivity index (χ1) is 9.92. The minimum atomic E-state index is 0.742. The van der Waals surface area contributed by atoms with Gasteiger partial charge in [-0.05, 0) is 25.2 Å². The van der Waals surface area contributed by atoms with Gasteiger partial charge in [0, 0.05) is 52.5 Å². The van der Waals surface area contributed by atoms with Crippen molar-refractivity contribution in [3.63, 3.8) is 0 Å². The van der Waals surface area contributed by atoms with E-state index < -0.39 is 0 Å². The number of hydrogen-bond acceptors (Lipinski definition) is 4. The third-order valence-corrected chi connectivity index (χ3v) is 4.75. The van der Waals surface area contributed by atoms with Crippen molar-refractivity contribution < 1.29 is 9.47 Å². The highest BCUT2D eigenvalue weighted by molar-refractivity contribution is 4.86. The Kier molecular flexibility index (Phi) is 7.88. The van der Waals surface area contributed by atoms with E-state index in [1.165, 1.54) is 45.2 Å². The standard InChI is InChI=1S/C16H32N2O2/c1-19-11-5-12-20-13-10-18-9-8-17-14-16(18)15-6-3-2-4-7-15/h15-17H,2-14H2,1H3. The molecule has 0 amide bonds. The third kappa shape index (κ3) is 5.32. The topological polar surface area (TPSA) is 33.7 Å². The molecule has 0 aromatic rings. The normalized spacial score (nSPS) is 25.9. The molecule has 1 atom stereocenters. The number of nitrogens with one attached hydrogen (secondary N) is 1. The summed E-state index contributed by atoms with van der Waals surface area (Å²) in [6, 6.07) is 0.742. The maximum absolute atomic E-state index is 5.73. The predicted octanol–water partition coefficient (Wildman–Crippen LogP) is 1.89. The average molecular weight is 284 g/mol. The van der Waals surface area contributed by atoms with Crippen LogP contribution in [-0.2, 0) is 9.47 Å². The summed E-state index contributed by atoms with van der Waals surface area (Å²) in [6.07, 6.45) is 8.17. The summed E-state index contributed by atoms with van der Waals surface area (Å²) in [6.45, 7) is 7.08. The first-order valence-electron chi connectivity index (χ1n) is 8.43. The van der Waals surface area contributed by atoms with Crippen molar-refractivity contribution in [2.24, 2.45) is 5.92 Å². The van der Waals surface area contributed by atoms with E-state index in [1.807, 2.05) is 0 Å². The van der Waals surface area contributed by atoms with E-state index in [9.17, 15) is 0 Å². The Labute approximate surface area is 124 Å². The minimum Gasteiger partial charge on any atom is -0.385 e. The van der Waals surface area contributed by atoms with Gasteiger partial charge in [-0.2, -0.15) is 0 Å².